The molecule has 0 unspecified atom stereocenters. The van der Waals surface area contributed by atoms with Crippen molar-refractivity contribution in [2.24, 2.45) is 5.73 Å². The summed E-state index contributed by atoms with van der Waals surface area (Å²) in [6.07, 6.45) is 0. The van der Waals surface area contributed by atoms with Gasteiger partial charge in [-0.3, -0.25) is 0 Å². The number of allylic oxidation sites excluding steroid dienone is 1. The van der Waals surface area contributed by atoms with Gasteiger partial charge in [-0.1, -0.05) is 28.1 Å². The van der Waals surface area contributed by atoms with Gasteiger partial charge in [-0.05, 0) is 30.3 Å². The fourth-order valence-electron chi connectivity index (χ4n) is 3.31. The Balaban J connectivity index is 2.12. The quantitative estimate of drug-likeness (QED) is 0.628. The van der Waals surface area contributed by atoms with E-state index in [1.54, 1.807) is 36.4 Å². The lowest BCUT2D eigenvalue weighted by Gasteiger charge is -2.27. The molecule has 2 N–H and O–H groups in total. The first-order valence-corrected chi connectivity index (χ1v) is 8.81. The van der Waals surface area contributed by atoms with Crippen LogP contribution in [0.2, 0.25) is 0 Å². The summed E-state index contributed by atoms with van der Waals surface area (Å²) in [6.45, 7) is 0. The zero-order chi connectivity index (χ0) is 19.1. The summed E-state index contributed by atoms with van der Waals surface area (Å²) in [4.78, 5) is 12.8. The Kier molecular flexibility index (Phi) is 4.13. The van der Waals surface area contributed by atoms with E-state index >= 15 is 0 Å². The number of fused-ring (bicyclic) bond motifs is 3. The summed E-state index contributed by atoms with van der Waals surface area (Å²) in [6, 6.07) is 14.4. The summed E-state index contributed by atoms with van der Waals surface area (Å²) < 4.78 is 17.4. The minimum absolute atomic E-state index is 0.0484. The number of nitriles is 1. The van der Waals surface area contributed by atoms with Gasteiger partial charge in [-0.25, -0.2) is 4.79 Å². The van der Waals surface area contributed by atoms with Gasteiger partial charge < -0.3 is 19.6 Å². The van der Waals surface area contributed by atoms with Gasteiger partial charge in [0.05, 0.1) is 24.0 Å². The van der Waals surface area contributed by atoms with Crippen molar-refractivity contribution in [1.29, 1.82) is 5.26 Å². The fraction of sp³-hybridized carbons (Fsp3) is 0.100. The number of hydrogen-bond acceptors (Lipinski definition) is 6. The van der Waals surface area contributed by atoms with Gasteiger partial charge in [0.2, 0.25) is 5.88 Å². The van der Waals surface area contributed by atoms with Crippen molar-refractivity contribution in [2.45, 2.75) is 5.92 Å². The Hall–Kier alpha value is -3.24. The average Bonchev–Trinajstić information content (AvgIpc) is 2.67. The molecule has 27 heavy (non-hydrogen) atoms. The zero-order valence-corrected chi connectivity index (χ0v) is 15.7. The number of nitrogens with zero attached hydrogens (tertiary/aromatic N) is 1. The molecule has 4 rings (SSSR count). The van der Waals surface area contributed by atoms with E-state index in [1.807, 2.05) is 6.07 Å². The number of halogens is 1. The second-order valence-corrected chi connectivity index (χ2v) is 6.86. The average molecular weight is 425 g/mol. The van der Waals surface area contributed by atoms with Gasteiger partial charge in [0, 0.05) is 10.0 Å². The molecule has 0 radical (unpaired) electrons. The second kappa shape index (κ2) is 6.49. The lowest BCUT2D eigenvalue weighted by Crippen LogP contribution is -2.26. The number of benzene rings is 2. The van der Waals surface area contributed by atoms with Crippen molar-refractivity contribution >= 4 is 26.9 Å². The Morgan fingerprint density at radius 2 is 2.04 bits per heavy atom. The third-order valence-corrected chi connectivity index (χ3v) is 4.97. The summed E-state index contributed by atoms with van der Waals surface area (Å²) in [5.41, 5.74) is 6.80. The minimum Gasteiger partial charge on any atom is -0.496 e. The number of rotatable bonds is 2. The van der Waals surface area contributed by atoms with Crippen LogP contribution in [0.25, 0.3) is 11.0 Å². The first-order valence-electron chi connectivity index (χ1n) is 8.02. The molecular formula is C20H13BrN2O4. The Morgan fingerprint density at radius 3 is 2.78 bits per heavy atom. The molecule has 2 heterocycles. The molecule has 1 aliphatic heterocycles. The predicted molar refractivity (Wildman–Crippen MR) is 102 cm³/mol. The van der Waals surface area contributed by atoms with E-state index < -0.39 is 11.5 Å². The predicted octanol–water partition coefficient (Wildman–Crippen LogP) is 3.78. The van der Waals surface area contributed by atoms with E-state index in [9.17, 15) is 10.1 Å². The second-order valence-electron chi connectivity index (χ2n) is 5.94. The van der Waals surface area contributed by atoms with Crippen LogP contribution >= 0.6 is 15.9 Å². The van der Waals surface area contributed by atoms with Gasteiger partial charge in [0.25, 0.3) is 0 Å². The lowest BCUT2D eigenvalue weighted by molar-refractivity contribution is 0.382. The Bertz CT molecular complexity index is 1210. The standard InChI is InChI=1S/C20H13BrN2O4/c1-25-14-7-6-10(21)8-12(14)16-13(9-22)19(23)27-18-11-4-2-3-5-15(11)26-20(24)17(16)18/h2-8,16H,23H2,1H3/t16-/m1/s1. The van der Waals surface area contributed by atoms with Crippen LogP contribution in [0.1, 0.15) is 17.0 Å². The maximum Gasteiger partial charge on any atom is 0.344 e. The first-order chi connectivity index (χ1) is 13.0. The molecule has 0 spiro atoms. The number of para-hydroxylation sites is 1. The first kappa shape index (κ1) is 17.2. The van der Waals surface area contributed by atoms with Crippen molar-refractivity contribution in [3.63, 3.8) is 0 Å². The molecule has 1 aromatic heterocycles. The topological polar surface area (TPSA) is 98.5 Å². The maximum atomic E-state index is 12.8. The lowest BCUT2D eigenvalue weighted by atomic mass is 9.83. The summed E-state index contributed by atoms with van der Waals surface area (Å²) in [5, 5.41) is 10.3. The number of hydrogen-bond donors (Lipinski definition) is 1. The van der Waals surface area contributed by atoms with E-state index in [1.165, 1.54) is 7.11 Å². The summed E-state index contributed by atoms with van der Waals surface area (Å²) >= 11 is 3.43. The normalized spacial score (nSPS) is 15.8. The molecule has 1 aliphatic rings. The van der Waals surface area contributed by atoms with E-state index in [4.69, 9.17) is 19.6 Å². The SMILES string of the molecule is COc1ccc(Br)cc1[C@@H]1C(C#N)=C(N)Oc2c1c(=O)oc1ccccc21. The maximum absolute atomic E-state index is 12.8. The van der Waals surface area contributed by atoms with Gasteiger partial charge in [-0.2, -0.15) is 5.26 Å². The van der Waals surface area contributed by atoms with Crippen molar-refractivity contribution in [3.8, 4) is 17.6 Å². The minimum atomic E-state index is -0.771. The highest BCUT2D eigenvalue weighted by Gasteiger charge is 2.37. The number of ether oxygens (including phenoxy) is 2. The van der Waals surface area contributed by atoms with Crippen LogP contribution in [-0.4, -0.2) is 7.11 Å². The number of methoxy groups -OCH3 is 1. The molecule has 0 saturated carbocycles. The molecule has 3 aromatic rings. The molecule has 0 bridgehead atoms. The smallest absolute Gasteiger partial charge is 0.344 e. The molecule has 7 heteroatoms. The molecule has 0 aliphatic carbocycles. The molecule has 1 atom stereocenters. The van der Waals surface area contributed by atoms with Crippen LogP contribution in [0.15, 0.2) is 67.6 Å². The highest BCUT2D eigenvalue weighted by atomic mass is 79.9. The van der Waals surface area contributed by atoms with E-state index in [-0.39, 0.29) is 17.0 Å². The molecular weight excluding hydrogens is 412 g/mol. The van der Waals surface area contributed by atoms with Crippen LogP contribution in [-0.2, 0) is 0 Å². The fourth-order valence-corrected chi connectivity index (χ4v) is 3.69. The van der Waals surface area contributed by atoms with Crippen molar-refractivity contribution < 1.29 is 13.9 Å². The van der Waals surface area contributed by atoms with Crippen LogP contribution in [0.5, 0.6) is 11.5 Å². The number of nitrogens with two attached hydrogens (primary N) is 1. The molecule has 0 fully saturated rings. The highest BCUT2D eigenvalue weighted by molar-refractivity contribution is 9.10. The Morgan fingerprint density at radius 1 is 1.26 bits per heavy atom. The monoisotopic (exact) mass is 424 g/mol. The van der Waals surface area contributed by atoms with E-state index in [2.05, 4.69) is 22.0 Å². The summed E-state index contributed by atoms with van der Waals surface area (Å²) in [5.74, 6) is -0.00521. The third-order valence-electron chi connectivity index (χ3n) is 4.48. The van der Waals surface area contributed by atoms with Crippen LogP contribution in [0, 0.1) is 11.3 Å². The van der Waals surface area contributed by atoms with Gasteiger partial charge in [-0.15, -0.1) is 0 Å². The highest BCUT2D eigenvalue weighted by Crippen LogP contribution is 2.46. The molecule has 134 valence electrons. The van der Waals surface area contributed by atoms with Crippen molar-refractivity contribution in [2.75, 3.05) is 7.11 Å². The van der Waals surface area contributed by atoms with Crippen LogP contribution < -0.4 is 20.8 Å². The van der Waals surface area contributed by atoms with Gasteiger partial charge in [0.1, 0.15) is 23.0 Å². The van der Waals surface area contributed by atoms with Crippen molar-refractivity contribution in [3.05, 3.63) is 79.9 Å². The zero-order valence-electron chi connectivity index (χ0n) is 14.2. The van der Waals surface area contributed by atoms with Crippen LogP contribution in [0.4, 0.5) is 0 Å². The largest absolute Gasteiger partial charge is 0.496 e. The van der Waals surface area contributed by atoms with Gasteiger partial charge in [0.15, 0.2) is 5.75 Å². The molecule has 0 saturated heterocycles. The molecule has 6 nitrogen and oxygen atoms in total. The van der Waals surface area contributed by atoms with E-state index in [0.29, 0.717) is 28.0 Å². The van der Waals surface area contributed by atoms with Crippen molar-refractivity contribution in [1.82, 2.24) is 0 Å². The molecule has 0 amide bonds. The molecule has 2 aromatic carbocycles. The van der Waals surface area contributed by atoms with Crippen LogP contribution in [0.3, 0.4) is 0 Å². The Labute approximate surface area is 162 Å². The van der Waals surface area contributed by atoms with E-state index in [0.717, 1.165) is 4.47 Å². The summed E-state index contributed by atoms with van der Waals surface area (Å²) in [7, 11) is 1.52. The third kappa shape index (κ3) is 2.66. The van der Waals surface area contributed by atoms with Gasteiger partial charge >= 0.3 is 5.63 Å².